The standard InChI is InChI=1S/C5H12O4.H3P/c1-3(7)5(9)4(8)2-6;/h3-9H,2H2,1H3;1H3. The molecule has 64 valence electrons. The van der Waals surface area contributed by atoms with Crippen LogP contribution in [0, 0.1) is 0 Å². The van der Waals surface area contributed by atoms with E-state index in [9.17, 15) is 0 Å². The summed E-state index contributed by atoms with van der Waals surface area (Å²) in [5.74, 6) is 0. The Bertz CT molecular complexity index is 78.0. The molecule has 0 spiro atoms. The van der Waals surface area contributed by atoms with E-state index in [1.165, 1.54) is 6.92 Å². The lowest BCUT2D eigenvalue weighted by Crippen LogP contribution is -2.37. The monoisotopic (exact) mass is 170 g/mol. The second-order valence-electron chi connectivity index (χ2n) is 1.98. The quantitative estimate of drug-likeness (QED) is 0.374. The molecule has 0 saturated heterocycles. The Morgan fingerprint density at radius 3 is 1.70 bits per heavy atom. The molecule has 0 radical (unpaired) electrons. The molecule has 0 aromatic rings. The average Bonchev–Trinajstić information content (AvgIpc) is 1.84. The van der Waals surface area contributed by atoms with Gasteiger partial charge in [0.15, 0.2) is 0 Å². The van der Waals surface area contributed by atoms with Gasteiger partial charge in [0.25, 0.3) is 0 Å². The van der Waals surface area contributed by atoms with Gasteiger partial charge in [-0.25, -0.2) is 0 Å². The van der Waals surface area contributed by atoms with Crippen molar-refractivity contribution in [2.45, 2.75) is 25.2 Å². The van der Waals surface area contributed by atoms with Gasteiger partial charge in [0.05, 0.1) is 12.7 Å². The molecule has 0 saturated carbocycles. The summed E-state index contributed by atoms with van der Waals surface area (Å²) in [5.41, 5.74) is 0. The van der Waals surface area contributed by atoms with Crippen LogP contribution in [0.1, 0.15) is 6.92 Å². The van der Waals surface area contributed by atoms with Crippen molar-refractivity contribution in [1.82, 2.24) is 0 Å². The summed E-state index contributed by atoms with van der Waals surface area (Å²) in [6.07, 6.45) is -3.51. The van der Waals surface area contributed by atoms with Gasteiger partial charge >= 0.3 is 0 Å². The Morgan fingerprint density at radius 2 is 1.60 bits per heavy atom. The maximum Gasteiger partial charge on any atom is 0.108 e. The third kappa shape index (κ3) is 4.14. The largest absolute Gasteiger partial charge is 0.394 e. The fourth-order valence-electron chi connectivity index (χ4n) is 0.429. The van der Waals surface area contributed by atoms with Gasteiger partial charge in [-0.1, -0.05) is 0 Å². The molecular weight excluding hydrogens is 155 g/mol. The van der Waals surface area contributed by atoms with Crippen LogP contribution in [0.3, 0.4) is 0 Å². The van der Waals surface area contributed by atoms with E-state index in [0.29, 0.717) is 0 Å². The number of aliphatic hydroxyl groups excluding tert-OH is 4. The number of hydrogen-bond acceptors (Lipinski definition) is 4. The summed E-state index contributed by atoms with van der Waals surface area (Å²) in [4.78, 5) is 0. The van der Waals surface area contributed by atoms with Crippen LogP contribution in [-0.2, 0) is 0 Å². The zero-order valence-corrected chi connectivity index (χ0v) is 7.35. The SMILES string of the molecule is CC(O)C(O)C(O)CO.P. The van der Waals surface area contributed by atoms with Crippen LogP contribution in [-0.4, -0.2) is 45.3 Å². The summed E-state index contributed by atoms with van der Waals surface area (Å²) in [5, 5.41) is 34.2. The first kappa shape index (κ1) is 12.9. The van der Waals surface area contributed by atoms with E-state index in [4.69, 9.17) is 20.4 Å². The van der Waals surface area contributed by atoms with Gasteiger partial charge in [0.1, 0.15) is 12.2 Å². The minimum atomic E-state index is -1.25. The predicted molar refractivity (Wildman–Crippen MR) is 41.9 cm³/mol. The molecule has 0 aliphatic rings. The first-order valence-corrected chi connectivity index (χ1v) is 2.74. The fraction of sp³-hybridized carbons (Fsp3) is 1.00. The van der Waals surface area contributed by atoms with Crippen LogP contribution in [0.5, 0.6) is 0 Å². The smallest absolute Gasteiger partial charge is 0.108 e. The Kier molecular flexibility index (Phi) is 7.76. The van der Waals surface area contributed by atoms with Crippen LogP contribution in [0.2, 0.25) is 0 Å². The average molecular weight is 170 g/mol. The molecule has 0 aliphatic carbocycles. The predicted octanol–water partition coefficient (Wildman–Crippen LogP) is -1.86. The van der Waals surface area contributed by atoms with Gasteiger partial charge in [0, 0.05) is 0 Å². The molecule has 0 aromatic heterocycles. The molecule has 0 aromatic carbocycles. The first-order valence-electron chi connectivity index (χ1n) is 2.74. The Morgan fingerprint density at radius 1 is 1.20 bits per heavy atom. The van der Waals surface area contributed by atoms with E-state index in [-0.39, 0.29) is 9.90 Å². The van der Waals surface area contributed by atoms with E-state index in [1.807, 2.05) is 0 Å². The van der Waals surface area contributed by atoms with Crippen molar-refractivity contribution in [3.05, 3.63) is 0 Å². The molecule has 5 heteroatoms. The second kappa shape index (κ2) is 6.01. The normalized spacial score (nSPS) is 18.9. The number of hydrogen-bond donors (Lipinski definition) is 4. The molecule has 0 heterocycles. The fourth-order valence-corrected chi connectivity index (χ4v) is 0.429. The number of rotatable bonds is 3. The summed E-state index contributed by atoms with van der Waals surface area (Å²) >= 11 is 0. The third-order valence-electron chi connectivity index (χ3n) is 1.08. The van der Waals surface area contributed by atoms with Gasteiger partial charge in [-0.05, 0) is 6.92 Å². The second-order valence-corrected chi connectivity index (χ2v) is 1.98. The van der Waals surface area contributed by atoms with E-state index in [2.05, 4.69) is 0 Å². The topological polar surface area (TPSA) is 80.9 Å². The molecule has 4 nitrogen and oxygen atoms in total. The molecule has 0 amide bonds. The Hall–Kier alpha value is 0.270. The molecule has 0 fully saturated rings. The first-order chi connectivity index (χ1) is 4.09. The van der Waals surface area contributed by atoms with Crippen molar-refractivity contribution in [3.63, 3.8) is 0 Å². The maximum atomic E-state index is 8.73. The van der Waals surface area contributed by atoms with Crippen molar-refractivity contribution in [2.75, 3.05) is 6.61 Å². The van der Waals surface area contributed by atoms with Gasteiger partial charge in [-0.3, -0.25) is 0 Å². The zero-order chi connectivity index (χ0) is 7.44. The van der Waals surface area contributed by atoms with Gasteiger partial charge in [-0.2, -0.15) is 9.90 Å². The van der Waals surface area contributed by atoms with Crippen molar-refractivity contribution in [1.29, 1.82) is 0 Å². The molecule has 4 N–H and O–H groups in total. The molecule has 10 heavy (non-hydrogen) atoms. The van der Waals surface area contributed by atoms with E-state index >= 15 is 0 Å². The molecular formula is C5H15O4P. The van der Waals surface area contributed by atoms with E-state index in [1.54, 1.807) is 0 Å². The van der Waals surface area contributed by atoms with Crippen molar-refractivity contribution >= 4 is 9.90 Å². The molecule has 4 unspecified atom stereocenters. The van der Waals surface area contributed by atoms with Crippen LogP contribution >= 0.6 is 9.90 Å². The molecule has 0 rings (SSSR count). The number of aliphatic hydroxyl groups is 4. The Labute approximate surface area is 63.1 Å². The van der Waals surface area contributed by atoms with Gasteiger partial charge in [-0.15, -0.1) is 0 Å². The summed E-state index contributed by atoms with van der Waals surface area (Å²) in [6.45, 7) is 0.801. The maximum absolute atomic E-state index is 8.73. The molecule has 0 aliphatic heterocycles. The highest BCUT2D eigenvalue weighted by atomic mass is 31.0. The Balaban J connectivity index is 0. The highest BCUT2D eigenvalue weighted by molar-refractivity contribution is 6.92. The van der Waals surface area contributed by atoms with Gasteiger partial charge in [0.2, 0.25) is 0 Å². The van der Waals surface area contributed by atoms with E-state index < -0.39 is 24.9 Å². The minimum absolute atomic E-state index is 0. The molecule has 0 bridgehead atoms. The summed E-state index contributed by atoms with van der Waals surface area (Å²) < 4.78 is 0. The summed E-state index contributed by atoms with van der Waals surface area (Å²) in [6, 6.07) is 0. The van der Waals surface area contributed by atoms with Crippen LogP contribution in [0.25, 0.3) is 0 Å². The van der Waals surface area contributed by atoms with Crippen LogP contribution in [0.15, 0.2) is 0 Å². The van der Waals surface area contributed by atoms with Gasteiger partial charge < -0.3 is 20.4 Å². The third-order valence-corrected chi connectivity index (χ3v) is 1.08. The van der Waals surface area contributed by atoms with Crippen LogP contribution in [0.4, 0.5) is 0 Å². The highest BCUT2D eigenvalue weighted by Crippen LogP contribution is 1.97. The van der Waals surface area contributed by atoms with Crippen molar-refractivity contribution < 1.29 is 20.4 Å². The zero-order valence-electron chi connectivity index (χ0n) is 5.94. The highest BCUT2D eigenvalue weighted by Gasteiger charge is 2.19. The van der Waals surface area contributed by atoms with Crippen molar-refractivity contribution in [2.24, 2.45) is 0 Å². The summed E-state index contributed by atoms with van der Waals surface area (Å²) in [7, 11) is 0. The molecule has 4 atom stereocenters. The van der Waals surface area contributed by atoms with E-state index in [0.717, 1.165) is 0 Å². The van der Waals surface area contributed by atoms with Crippen LogP contribution < -0.4 is 0 Å². The lowest BCUT2D eigenvalue weighted by molar-refractivity contribution is -0.0698. The van der Waals surface area contributed by atoms with Crippen molar-refractivity contribution in [3.8, 4) is 0 Å². The lowest BCUT2D eigenvalue weighted by Gasteiger charge is -2.17. The minimum Gasteiger partial charge on any atom is -0.394 e. The lowest BCUT2D eigenvalue weighted by atomic mass is 10.1.